The van der Waals surface area contributed by atoms with Crippen molar-refractivity contribution in [2.75, 3.05) is 44.2 Å². The molecule has 3 saturated heterocycles. The van der Waals surface area contributed by atoms with E-state index < -0.39 is 11.7 Å². The van der Waals surface area contributed by atoms with Crippen molar-refractivity contribution in [1.29, 1.82) is 0 Å². The molecule has 3 aliphatic rings. The minimum absolute atomic E-state index is 0.00131. The van der Waals surface area contributed by atoms with Gasteiger partial charge in [-0.15, -0.1) is 0 Å². The molecule has 4 heterocycles. The minimum Gasteiger partial charge on any atom is -0.355 e. The van der Waals surface area contributed by atoms with E-state index >= 15 is 0 Å². The van der Waals surface area contributed by atoms with Crippen LogP contribution in [-0.2, 0) is 11.0 Å². The van der Waals surface area contributed by atoms with Gasteiger partial charge in [-0.1, -0.05) is 11.6 Å². The van der Waals surface area contributed by atoms with Gasteiger partial charge in [0.15, 0.2) is 0 Å². The van der Waals surface area contributed by atoms with Gasteiger partial charge in [-0.05, 0) is 57.7 Å². The van der Waals surface area contributed by atoms with Crippen LogP contribution >= 0.6 is 11.6 Å². The number of likely N-dealkylation sites (tertiary alicyclic amines) is 2. The molecule has 3 fully saturated rings. The summed E-state index contributed by atoms with van der Waals surface area (Å²) in [5.41, 5.74) is -0.848. The van der Waals surface area contributed by atoms with E-state index in [2.05, 4.69) is 9.88 Å². The van der Waals surface area contributed by atoms with Gasteiger partial charge in [0.2, 0.25) is 5.91 Å². The molecule has 1 aromatic rings. The van der Waals surface area contributed by atoms with Gasteiger partial charge in [-0.25, -0.2) is 4.98 Å². The van der Waals surface area contributed by atoms with E-state index in [0.717, 1.165) is 38.2 Å². The predicted molar refractivity (Wildman–Crippen MR) is 110 cm³/mol. The van der Waals surface area contributed by atoms with Crippen LogP contribution in [0.3, 0.4) is 0 Å². The third-order valence-corrected chi connectivity index (χ3v) is 7.00. The second kappa shape index (κ2) is 8.91. The van der Waals surface area contributed by atoms with Crippen molar-refractivity contribution < 1.29 is 18.0 Å². The molecule has 30 heavy (non-hydrogen) atoms. The number of rotatable bonds is 3. The number of amides is 1. The highest BCUT2D eigenvalue weighted by molar-refractivity contribution is 6.33. The van der Waals surface area contributed by atoms with Crippen LogP contribution in [0, 0.1) is 5.92 Å². The Bertz CT molecular complexity index is 753. The van der Waals surface area contributed by atoms with Crippen molar-refractivity contribution in [3.8, 4) is 0 Å². The van der Waals surface area contributed by atoms with Gasteiger partial charge in [-0.2, -0.15) is 13.2 Å². The van der Waals surface area contributed by atoms with Crippen molar-refractivity contribution in [1.82, 2.24) is 14.8 Å². The molecule has 1 amide bonds. The number of piperidine rings is 2. The highest BCUT2D eigenvalue weighted by atomic mass is 35.5. The van der Waals surface area contributed by atoms with E-state index in [4.69, 9.17) is 11.6 Å². The maximum absolute atomic E-state index is 13.0. The second-order valence-corrected chi connectivity index (χ2v) is 9.00. The molecule has 166 valence electrons. The molecule has 0 bridgehead atoms. The van der Waals surface area contributed by atoms with E-state index in [1.807, 2.05) is 9.80 Å². The summed E-state index contributed by atoms with van der Waals surface area (Å²) in [5, 5.41) is -0.00131. The molecule has 0 aliphatic carbocycles. The Labute approximate surface area is 180 Å². The Morgan fingerprint density at radius 3 is 2.20 bits per heavy atom. The largest absolute Gasteiger partial charge is 0.417 e. The van der Waals surface area contributed by atoms with Gasteiger partial charge in [-0.3, -0.25) is 4.79 Å². The summed E-state index contributed by atoms with van der Waals surface area (Å²) >= 11 is 6.07. The Kier molecular flexibility index (Phi) is 6.44. The molecule has 0 aromatic carbocycles. The molecule has 1 aromatic heterocycles. The summed E-state index contributed by atoms with van der Waals surface area (Å²) in [5.74, 6) is 0.556. The molecule has 0 radical (unpaired) electrons. The fourth-order valence-corrected chi connectivity index (χ4v) is 5.26. The van der Waals surface area contributed by atoms with E-state index in [9.17, 15) is 18.0 Å². The monoisotopic (exact) mass is 444 g/mol. The molecule has 0 saturated carbocycles. The first-order valence-corrected chi connectivity index (χ1v) is 11.2. The minimum atomic E-state index is -4.46. The summed E-state index contributed by atoms with van der Waals surface area (Å²) in [4.78, 5) is 23.4. The maximum Gasteiger partial charge on any atom is 0.417 e. The van der Waals surface area contributed by atoms with Gasteiger partial charge in [0, 0.05) is 44.3 Å². The van der Waals surface area contributed by atoms with Crippen LogP contribution in [-0.4, -0.2) is 66.0 Å². The smallest absolute Gasteiger partial charge is 0.355 e. The molecule has 0 atom stereocenters. The van der Waals surface area contributed by atoms with Gasteiger partial charge in [0.1, 0.15) is 5.82 Å². The Morgan fingerprint density at radius 2 is 1.63 bits per heavy atom. The van der Waals surface area contributed by atoms with Crippen LogP contribution < -0.4 is 4.90 Å². The molecule has 0 spiro atoms. The Morgan fingerprint density at radius 1 is 1.00 bits per heavy atom. The van der Waals surface area contributed by atoms with Crippen molar-refractivity contribution >= 4 is 23.3 Å². The summed E-state index contributed by atoms with van der Waals surface area (Å²) in [6, 6.07) is 1.54. The fourth-order valence-electron chi connectivity index (χ4n) is 4.97. The van der Waals surface area contributed by atoms with Crippen molar-refractivity contribution in [3.63, 3.8) is 0 Å². The zero-order valence-corrected chi connectivity index (χ0v) is 17.8. The highest BCUT2D eigenvalue weighted by Crippen LogP contribution is 2.35. The summed E-state index contributed by atoms with van der Waals surface area (Å²) in [7, 11) is 0. The lowest BCUT2D eigenvalue weighted by Gasteiger charge is -2.39. The first kappa shape index (κ1) is 21.7. The normalized spacial score (nSPS) is 22.7. The lowest BCUT2D eigenvalue weighted by Crippen LogP contribution is -2.49. The number of anilines is 1. The molecule has 9 heteroatoms. The number of halogens is 4. The second-order valence-electron chi connectivity index (χ2n) is 8.59. The van der Waals surface area contributed by atoms with Crippen LogP contribution in [0.1, 0.15) is 44.1 Å². The van der Waals surface area contributed by atoms with Gasteiger partial charge < -0.3 is 14.7 Å². The topological polar surface area (TPSA) is 39.7 Å². The number of hydrogen-bond acceptors (Lipinski definition) is 4. The number of nitrogens with zero attached hydrogens (tertiary/aromatic N) is 4. The van der Waals surface area contributed by atoms with Crippen LogP contribution in [0.4, 0.5) is 19.0 Å². The van der Waals surface area contributed by atoms with E-state index in [1.165, 1.54) is 25.9 Å². The lowest BCUT2D eigenvalue weighted by atomic mass is 9.93. The third-order valence-electron chi connectivity index (χ3n) is 6.73. The zero-order valence-electron chi connectivity index (χ0n) is 17.0. The number of alkyl halides is 3. The number of pyridine rings is 1. The van der Waals surface area contributed by atoms with Crippen LogP contribution in [0.25, 0.3) is 0 Å². The lowest BCUT2D eigenvalue weighted by molar-refractivity contribution is -0.138. The molecule has 0 N–H and O–H groups in total. The first-order chi connectivity index (χ1) is 14.3. The average molecular weight is 445 g/mol. The molecular weight excluding hydrogens is 417 g/mol. The fraction of sp³-hybridized carbons (Fsp3) is 0.714. The number of aromatic nitrogens is 1. The Balaban J connectivity index is 1.29. The third kappa shape index (κ3) is 4.69. The molecule has 3 aliphatic heterocycles. The van der Waals surface area contributed by atoms with Crippen molar-refractivity contribution in [2.45, 2.75) is 50.7 Å². The van der Waals surface area contributed by atoms with Gasteiger partial charge in [0.05, 0.1) is 10.6 Å². The molecule has 0 unspecified atom stereocenters. The van der Waals surface area contributed by atoms with Crippen molar-refractivity contribution in [3.05, 3.63) is 22.8 Å². The molecule has 4 rings (SSSR count). The summed E-state index contributed by atoms with van der Waals surface area (Å²) in [6.45, 7) is 5.17. The van der Waals surface area contributed by atoms with E-state index in [1.54, 1.807) is 0 Å². The quantitative estimate of drug-likeness (QED) is 0.705. The summed E-state index contributed by atoms with van der Waals surface area (Å²) < 4.78 is 38.4. The van der Waals surface area contributed by atoms with E-state index in [-0.39, 0.29) is 16.8 Å². The average Bonchev–Trinajstić information content (AvgIpc) is 3.28. The first-order valence-electron chi connectivity index (χ1n) is 10.8. The number of carbonyl (C=O) groups excluding carboxylic acids is 1. The standard InChI is InChI=1S/C21H28ClF3N4O/c22-18-13-16(21(23,24)25)14-26-19(18)28-9-3-15(4-10-28)20(30)29-11-5-17(6-12-29)27-7-1-2-8-27/h13-15,17H,1-12H2. The zero-order chi connectivity index (χ0) is 21.3. The van der Waals surface area contributed by atoms with Gasteiger partial charge >= 0.3 is 6.18 Å². The summed E-state index contributed by atoms with van der Waals surface area (Å²) in [6.07, 6.45) is 2.38. The predicted octanol–water partition coefficient (Wildman–Crippen LogP) is 4.06. The Hall–Kier alpha value is -1.54. The SMILES string of the molecule is O=C(C1CCN(c2ncc(C(F)(F)F)cc2Cl)CC1)N1CCC(N2CCCC2)CC1. The van der Waals surface area contributed by atoms with E-state index in [0.29, 0.717) is 37.8 Å². The van der Waals surface area contributed by atoms with Crippen molar-refractivity contribution in [2.24, 2.45) is 5.92 Å². The van der Waals surface area contributed by atoms with Crippen LogP contribution in [0.2, 0.25) is 5.02 Å². The van der Waals surface area contributed by atoms with Gasteiger partial charge in [0.25, 0.3) is 0 Å². The number of hydrogen-bond donors (Lipinski definition) is 0. The highest BCUT2D eigenvalue weighted by Gasteiger charge is 2.35. The molecular formula is C21H28ClF3N4O. The van der Waals surface area contributed by atoms with Crippen LogP contribution in [0.15, 0.2) is 12.3 Å². The maximum atomic E-state index is 13.0. The van der Waals surface area contributed by atoms with Crippen LogP contribution in [0.5, 0.6) is 0 Å². The molecule has 5 nitrogen and oxygen atoms in total. The number of carbonyl (C=O) groups is 1.